The minimum absolute atomic E-state index is 0.0404. The standard InChI is InChI=1S/C11H12N8O/c12-11-14-9(17-18-11)10(20)13-5-4-8-16-15-7-3-1-2-6-19(7)8/h1-3,6H,4-5H2,(H,13,20)(H3,12,14,17,18). The van der Waals surface area contributed by atoms with E-state index < -0.39 is 0 Å². The van der Waals surface area contributed by atoms with Gasteiger partial charge < -0.3 is 11.1 Å². The van der Waals surface area contributed by atoms with Crippen molar-refractivity contribution in [2.75, 3.05) is 12.3 Å². The summed E-state index contributed by atoms with van der Waals surface area (Å²) < 4.78 is 1.87. The second-order valence-corrected chi connectivity index (χ2v) is 4.09. The number of aromatic amines is 1. The number of fused-ring (bicyclic) bond motifs is 1. The number of anilines is 1. The molecule has 0 unspecified atom stereocenters. The van der Waals surface area contributed by atoms with Crippen LogP contribution in [-0.2, 0) is 6.42 Å². The van der Waals surface area contributed by atoms with Crippen LogP contribution in [0.3, 0.4) is 0 Å². The molecular formula is C11H12N8O. The molecule has 0 fully saturated rings. The van der Waals surface area contributed by atoms with Gasteiger partial charge in [0.05, 0.1) is 0 Å². The molecule has 0 saturated heterocycles. The van der Waals surface area contributed by atoms with Crippen molar-refractivity contribution >= 4 is 17.5 Å². The summed E-state index contributed by atoms with van der Waals surface area (Å²) in [5, 5.41) is 16.9. The van der Waals surface area contributed by atoms with Crippen LogP contribution in [0, 0.1) is 0 Å². The van der Waals surface area contributed by atoms with Crippen LogP contribution in [0.15, 0.2) is 24.4 Å². The van der Waals surface area contributed by atoms with Crippen molar-refractivity contribution in [2.45, 2.75) is 6.42 Å². The molecule has 1 amide bonds. The van der Waals surface area contributed by atoms with Crippen molar-refractivity contribution in [3.63, 3.8) is 0 Å². The van der Waals surface area contributed by atoms with E-state index in [-0.39, 0.29) is 17.7 Å². The Balaban J connectivity index is 1.61. The molecule has 0 aliphatic heterocycles. The van der Waals surface area contributed by atoms with Gasteiger partial charge in [-0.05, 0) is 12.1 Å². The zero-order valence-corrected chi connectivity index (χ0v) is 10.4. The summed E-state index contributed by atoms with van der Waals surface area (Å²) in [4.78, 5) is 15.4. The molecule has 0 aromatic carbocycles. The highest BCUT2D eigenvalue weighted by Gasteiger charge is 2.10. The number of H-pyrrole nitrogens is 1. The summed E-state index contributed by atoms with van der Waals surface area (Å²) in [6.45, 7) is 0.412. The number of hydrogen-bond acceptors (Lipinski definition) is 6. The van der Waals surface area contributed by atoms with Gasteiger partial charge in [-0.1, -0.05) is 6.07 Å². The molecule has 3 aromatic rings. The van der Waals surface area contributed by atoms with Crippen molar-refractivity contribution < 1.29 is 4.79 Å². The highest BCUT2D eigenvalue weighted by molar-refractivity contribution is 5.90. The average molecular weight is 272 g/mol. The third-order valence-corrected chi connectivity index (χ3v) is 2.74. The number of rotatable bonds is 4. The van der Waals surface area contributed by atoms with E-state index in [2.05, 4.69) is 30.7 Å². The second kappa shape index (κ2) is 4.96. The van der Waals surface area contributed by atoms with E-state index in [1.54, 1.807) is 0 Å². The maximum Gasteiger partial charge on any atom is 0.288 e. The lowest BCUT2D eigenvalue weighted by Gasteiger charge is -2.02. The number of hydrogen-bond donors (Lipinski definition) is 3. The van der Waals surface area contributed by atoms with Crippen molar-refractivity contribution in [3.05, 3.63) is 36.0 Å². The molecule has 20 heavy (non-hydrogen) atoms. The first-order chi connectivity index (χ1) is 9.74. The molecule has 0 bridgehead atoms. The summed E-state index contributed by atoms with van der Waals surface area (Å²) in [7, 11) is 0. The lowest BCUT2D eigenvalue weighted by molar-refractivity contribution is 0.0944. The molecule has 9 nitrogen and oxygen atoms in total. The van der Waals surface area contributed by atoms with E-state index in [0.29, 0.717) is 13.0 Å². The van der Waals surface area contributed by atoms with Crippen LogP contribution >= 0.6 is 0 Å². The molecule has 0 radical (unpaired) electrons. The van der Waals surface area contributed by atoms with Crippen LogP contribution in [0.4, 0.5) is 5.95 Å². The normalized spacial score (nSPS) is 10.8. The molecule has 3 aromatic heterocycles. The number of nitrogen functional groups attached to an aromatic ring is 1. The first kappa shape index (κ1) is 12.1. The van der Waals surface area contributed by atoms with E-state index in [1.165, 1.54) is 0 Å². The Morgan fingerprint density at radius 1 is 1.40 bits per heavy atom. The van der Waals surface area contributed by atoms with Gasteiger partial charge in [0.1, 0.15) is 5.82 Å². The lowest BCUT2D eigenvalue weighted by atomic mass is 10.3. The molecule has 4 N–H and O–H groups in total. The molecule has 0 saturated carbocycles. The minimum atomic E-state index is -0.358. The highest BCUT2D eigenvalue weighted by Crippen LogP contribution is 2.03. The Morgan fingerprint density at radius 3 is 3.10 bits per heavy atom. The predicted molar refractivity (Wildman–Crippen MR) is 69.8 cm³/mol. The molecule has 0 aliphatic carbocycles. The van der Waals surface area contributed by atoms with Crippen LogP contribution in [-0.4, -0.2) is 42.2 Å². The zero-order valence-electron chi connectivity index (χ0n) is 10.4. The number of nitrogens with two attached hydrogens (primary N) is 1. The number of nitrogens with one attached hydrogen (secondary N) is 2. The Labute approximate surface area is 113 Å². The molecular weight excluding hydrogens is 260 g/mol. The lowest BCUT2D eigenvalue weighted by Crippen LogP contribution is -2.27. The first-order valence-corrected chi connectivity index (χ1v) is 5.99. The van der Waals surface area contributed by atoms with E-state index in [4.69, 9.17) is 5.73 Å². The Morgan fingerprint density at radius 2 is 2.30 bits per heavy atom. The zero-order chi connectivity index (χ0) is 13.9. The number of pyridine rings is 1. The van der Waals surface area contributed by atoms with Gasteiger partial charge in [0.2, 0.25) is 11.8 Å². The minimum Gasteiger partial charge on any atom is -0.366 e. The first-order valence-electron chi connectivity index (χ1n) is 5.99. The van der Waals surface area contributed by atoms with Crippen molar-refractivity contribution in [3.8, 4) is 0 Å². The summed E-state index contributed by atoms with van der Waals surface area (Å²) in [5.74, 6) is 0.549. The van der Waals surface area contributed by atoms with E-state index in [1.807, 2.05) is 28.8 Å². The maximum atomic E-state index is 11.7. The maximum absolute atomic E-state index is 11.7. The predicted octanol–water partition coefficient (Wildman–Crippen LogP) is -0.598. The quantitative estimate of drug-likeness (QED) is 0.582. The molecule has 102 valence electrons. The molecule has 3 heterocycles. The molecule has 0 spiro atoms. The van der Waals surface area contributed by atoms with Gasteiger partial charge in [-0.15, -0.1) is 15.3 Å². The molecule has 3 rings (SSSR count). The van der Waals surface area contributed by atoms with Crippen LogP contribution in [0.5, 0.6) is 0 Å². The van der Waals surface area contributed by atoms with Crippen molar-refractivity contribution in [2.24, 2.45) is 0 Å². The van der Waals surface area contributed by atoms with Gasteiger partial charge in [0.25, 0.3) is 5.91 Å². The van der Waals surface area contributed by atoms with Crippen LogP contribution in [0.2, 0.25) is 0 Å². The van der Waals surface area contributed by atoms with Crippen molar-refractivity contribution in [1.29, 1.82) is 0 Å². The monoisotopic (exact) mass is 272 g/mol. The number of carbonyl (C=O) groups is 1. The van der Waals surface area contributed by atoms with E-state index in [9.17, 15) is 4.79 Å². The third-order valence-electron chi connectivity index (χ3n) is 2.74. The molecule has 0 aliphatic rings. The fourth-order valence-corrected chi connectivity index (χ4v) is 1.81. The van der Waals surface area contributed by atoms with Crippen molar-refractivity contribution in [1.82, 2.24) is 35.1 Å². The van der Waals surface area contributed by atoms with Crippen LogP contribution < -0.4 is 11.1 Å². The largest absolute Gasteiger partial charge is 0.366 e. The van der Waals surface area contributed by atoms with Gasteiger partial charge >= 0.3 is 0 Å². The van der Waals surface area contributed by atoms with Crippen LogP contribution in [0.1, 0.15) is 16.4 Å². The second-order valence-electron chi connectivity index (χ2n) is 4.09. The summed E-state index contributed by atoms with van der Waals surface area (Å²) in [6, 6.07) is 5.66. The fraction of sp³-hybridized carbons (Fsp3) is 0.182. The summed E-state index contributed by atoms with van der Waals surface area (Å²) in [6.07, 6.45) is 2.43. The summed E-state index contributed by atoms with van der Waals surface area (Å²) in [5.41, 5.74) is 6.10. The van der Waals surface area contributed by atoms with Gasteiger partial charge in [0.15, 0.2) is 5.65 Å². The van der Waals surface area contributed by atoms with Gasteiger partial charge in [0, 0.05) is 19.2 Å². The Bertz CT molecular complexity index is 746. The Hall–Kier alpha value is -2.97. The topological polar surface area (TPSA) is 127 Å². The molecule has 0 atom stereocenters. The fourth-order valence-electron chi connectivity index (χ4n) is 1.81. The number of amides is 1. The molecule has 9 heteroatoms. The number of carbonyl (C=O) groups excluding carboxylic acids is 1. The van der Waals surface area contributed by atoms with E-state index in [0.717, 1.165) is 11.5 Å². The van der Waals surface area contributed by atoms with E-state index >= 15 is 0 Å². The number of aromatic nitrogens is 6. The number of nitrogens with zero attached hydrogens (tertiary/aromatic N) is 5. The third kappa shape index (κ3) is 2.28. The van der Waals surface area contributed by atoms with Gasteiger partial charge in [-0.3, -0.25) is 14.3 Å². The SMILES string of the molecule is Nc1n[nH]c(C(=O)NCCc2nnc3ccccn23)n1. The average Bonchev–Trinajstić information content (AvgIpc) is 3.06. The highest BCUT2D eigenvalue weighted by atomic mass is 16.2. The van der Waals surface area contributed by atoms with Gasteiger partial charge in [-0.2, -0.15) is 4.98 Å². The Kier molecular flexibility index (Phi) is 2.99. The van der Waals surface area contributed by atoms with Crippen LogP contribution in [0.25, 0.3) is 5.65 Å². The van der Waals surface area contributed by atoms with Gasteiger partial charge in [-0.25, -0.2) is 0 Å². The smallest absolute Gasteiger partial charge is 0.288 e. The summed E-state index contributed by atoms with van der Waals surface area (Å²) >= 11 is 0.